The van der Waals surface area contributed by atoms with Crippen LogP contribution in [0.5, 0.6) is 0 Å². The molecule has 0 aromatic heterocycles. The first-order chi connectivity index (χ1) is 7.81. The molecule has 1 N–H and O–H groups in total. The lowest BCUT2D eigenvalue weighted by Crippen LogP contribution is -2.44. The average Bonchev–Trinajstić information content (AvgIpc) is 2.24. The Morgan fingerprint density at radius 2 is 1.94 bits per heavy atom. The van der Waals surface area contributed by atoms with Crippen molar-refractivity contribution in [1.29, 1.82) is 0 Å². The highest BCUT2D eigenvalue weighted by atomic mass is 16.2. The predicted octanol–water partition coefficient (Wildman–Crippen LogP) is 1.63. The van der Waals surface area contributed by atoms with E-state index in [9.17, 15) is 4.79 Å². The van der Waals surface area contributed by atoms with Crippen LogP contribution < -0.4 is 5.32 Å². The summed E-state index contributed by atoms with van der Waals surface area (Å²) in [6, 6.07) is 0. The van der Waals surface area contributed by atoms with Crippen LogP contribution in [-0.2, 0) is 4.79 Å². The Kier molecular flexibility index (Phi) is 4.22. The van der Waals surface area contributed by atoms with Crippen molar-refractivity contribution in [2.75, 3.05) is 26.2 Å². The van der Waals surface area contributed by atoms with E-state index in [1.807, 2.05) is 0 Å². The van der Waals surface area contributed by atoms with Gasteiger partial charge in [0.2, 0.25) is 5.91 Å². The van der Waals surface area contributed by atoms with Crippen LogP contribution in [0.4, 0.5) is 0 Å². The number of rotatable bonds is 4. The molecule has 1 aliphatic carbocycles. The van der Waals surface area contributed by atoms with Gasteiger partial charge in [-0.15, -0.1) is 0 Å². The van der Waals surface area contributed by atoms with Crippen LogP contribution in [0.15, 0.2) is 0 Å². The molecule has 0 atom stereocenters. The van der Waals surface area contributed by atoms with E-state index in [0.29, 0.717) is 11.8 Å². The Morgan fingerprint density at radius 3 is 2.44 bits per heavy atom. The number of carbonyl (C=O) groups excluding carboxylic acids is 1. The number of hydrogen-bond acceptors (Lipinski definition) is 2. The summed E-state index contributed by atoms with van der Waals surface area (Å²) < 4.78 is 0. The van der Waals surface area contributed by atoms with Gasteiger partial charge in [0, 0.05) is 19.0 Å². The molecule has 16 heavy (non-hydrogen) atoms. The lowest BCUT2D eigenvalue weighted by Gasteiger charge is -2.36. The van der Waals surface area contributed by atoms with Gasteiger partial charge in [-0.2, -0.15) is 0 Å². The number of nitrogens with one attached hydrogen (secondary N) is 1. The summed E-state index contributed by atoms with van der Waals surface area (Å²) in [5.74, 6) is 1.60. The number of hydrogen-bond donors (Lipinski definition) is 1. The second-order valence-corrected chi connectivity index (χ2v) is 5.20. The van der Waals surface area contributed by atoms with Gasteiger partial charge in [0.15, 0.2) is 0 Å². The first kappa shape index (κ1) is 11.9. The third-order valence-corrected chi connectivity index (χ3v) is 4.06. The average molecular weight is 224 g/mol. The standard InChI is InChI=1S/C13H24N2O/c1-2-14-10-11-6-8-15(9-7-11)13(16)12-4-3-5-12/h11-12,14H,2-10H2,1H3. The fourth-order valence-electron chi connectivity index (χ4n) is 2.62. The molecular weight excluding hydrogens is 200 g/mol. The van der Waals surface area contributed by atoms with E-state index in [2.05, 4.69) is 17.1 Å². The van der Waals surface area contributed by atoms with Crippen LogP contribution >= 0.6 is 0 Å². The van der Waals surface area contributed by atoms with Gasteiger partial charge < -0.3 is 10.2 Å². The second-order valence-electron chi connectivity index (χ2n) is 5.20. The third kappa shape index (κ3) is 2.76. The Hall–Kier alpha value is -0.570. The summed E-state index contributed by atoms with van der Waals surface area (Å²) in [5, 5.41) is 3.40. The molecule has 3 nitrogen and oxygen atoms in total. The number of nitrogens with zero attached hydrogens (tertiary/aromatic N) is 1. The number of carbonyl (C=O) groups is 1. The molecule has 2 fully saturated rings. The summed E-state index contributed by atoms with van der Waals surface area (Å²) in [5.41, 5.74) is 0. The van der Waals surface area contributed by atoms with Gasteiger partial charge in [0.1, 0.15) is 0 Å². The Balaban J connectivity index is 1.69. The summed E-state index contributed by atoms with van der Waals surface area (Å²) >= 11 is 0. The summed E-state index contributed by atoms with van der Waals surface area (Å²) in [6.07, 6.45) is 5.90. The molecule has 0 radical (unpaired) electrons. The van der Waals surface area contributed by atoms with Gasteiger partial charge in [0.25, 0.3) is 0 Å². The van der Waals surface area contributed by atoms with Gasteiger partial charge in [-0.3, -0.25) is 4.79 Å². The smallest absolute Gasteiger partial charge is 0.225 e. The van der Waals surface area contributed by atoms with Crippen molar-refractivity contribution in [2.24, 2.45) is 11.8 Å². The first-order valence-electron chi connectivity index (χ1n) is 6.80. The maximum absolute atomic E-state index is 12.0. The zero-order valence-electron chi connectivity index (χ0n) is 10.4. The molecule has 0 aromatic rings. The van der Waals surface area contributed by atoms with Crippen molar-refractivity contribution < 1.29 is 4.79 Å². The second kappa shape index (κ2) is 5.67. The van der Waals surface area contributed by atoms with Gasteiger partial charge >= 0.3 is 0 Å². The fourth-order valence-corrected chi connectivity index (χ4v) is 2.62. The Labute approximate surface area is 98.6 Å². The summed E-state index contributed by atoms with van der Waals surface area (Å²) in [6.45, 7) is 6.31. The monoisotopic (exact) mass is 224 g/mol. The van der Waals surface area contributed by atoms with Gasteiger partial charge in [-0.05, 0) is 44.7 Å². The molecule has 1 heterocycles. The molecule has 1 aliphatic heterocycles. The largest absolute Gasteiger partial charge is 0.342 e. The summed E-state index contributed by atoms with van der Waals surface area (Å²) in [7, 11) is 0. The molecule has 1 saturated heterocycles. The van der Waals surface area contributed by atoms with Crippen LogP contribution in [0.25, 0.3) is 0 Å². The topological polar surface area (TPSA) is 32.3 Å². The van der Waals surface area contributed by atoms with Crippen LogP contribution in [0.3, 0.4) is 0 Å². The number of amides is 1. The van der Waals surface area contributed by atoms with Crippen LogP contribution in [0.2, 0.25) is 0 Å². The molecule has 2 aliphatic rings. The van der Waals surface area contributed by atoms with E-state index in [0.717, 1.165) is 44.9 Å². The van der Waals surface area contributed by atoms with Gasteiger partial charge in [-0.25, -0.2) is 0 Å². The van der Waals surface area contributed by atoms with Crippen LogP contribution in [0, 0.1) is 11.8 Å². The minimum atomic E-state index is 0.380. The zero-order valence-corrected chi connectivity index (χ0v) is 10.4. The molecule has 1 amide bonds. The van der Waals surface area contributed by atoms with Gasteiger partial charge in [0.05, 0.1) is 0 Å². The highest BCUT2D eigenvalue weighted by Crippen LogP contribution is 2.29. The van der Waals surface area contributed by atoms with Crippen molar-refractivity contribution in [1.82, 2.24) is 10.2 Å². The first-order valence-corrected chi connectivity index (χ1v) is 6.80. The van der Waals surface area contributed by atoms with E-state index in [1.165, 1.54) is 19.3 Å². The predicted molar refractivity (Wildman–Crippen MR) is 65.2 cm³/mol. The third-order valence-electron chi connectivity index (χ3n) is 4.06. The van der Waals surface area contributed by atoms with Crippen molar-refractivity contribution in [3.63, 3.8) is 0 Å². The SMILES string of the molecule is CCNCC1CCN(C(=O)C2CCC2)CC1. The molecule has 0 bridgehead atoms. The number of likely N-dealkylation sites (tertiary alicyclic amines) is 1. The van der Waals surface area contributed by atoms with E-state index in [4.69, 9.17) is 0 Å². The van der Waals surface area contributed by atoms with Crippen molar-refractivity contribution in [2.45, 2.75) is 39.0 Å². The fraction of sp³-hybridized carbons (Fsp3) is 0.923. The summed E-state index contributed by atoms with van der Waals surface area (Å²) in [4.78, 5) is 14.1. The highest BCUT2D eigenvalue weighted by molar-refractivity contribution is 5.79. The Morgan fingerprint density at radius 1 is 1.25 bits per heavy atom. The highest BCUT2D eigenvalue weighted by Gasteiger charge is 2.31. The molecule has 0 spiro atoms. The molecule has 0 unspecified atom stereocenters. The van der Waals surface area contributed by atoms with Gasteiger partial charge in [-0.1, -0.05) is 13.3 Å². The van der Waals surface area contributed by atoms with E-state index in [1.54, 1.807) is 0 Å². The Bertz CT molecular complexity index is 230. The van der Waals surface area contributed by atoms with E-state index < -0.39 is 0 Å². The van der Waals surface area contributed by atoms with Crippen molar-refractivity contribution in [3.8, 4) is 0 Å². The van der Waals surface area contributed by atoms with E-state index in [-0.39, 0.29) is 0 Å². The molecule has 92 valence electrons. The maximum Gasteiger partial charge on any atom is 0.225 e. The lowest BCUT2D eigenvalue weighted by atomic mass is 9.83. The molecule has 0 aromatic carbocycles. The molecule has 1 saturated carbocycles. The van der Waals surface area contributed by atoms with Crippen LogP contribution in [-0.4, -0.2) is 37.0 Å². The molecular formula is C13H24N2O. The van der Waals surface area contributed by atoms with Crippen molar-refractivity contribution >= 4 is 5.91 Å². The zero-order chi connectivity index (χ0) is 11.4. The maximum atomic E-state index is 12.0. The normalized spacial score (nSPS) is 23.2. The number of piperidine rings is 1. The van der Waals surface area contributed by atoms with Crippen LogP contribution in [0.1, 0.15) is 39.0 Å². The minimum Gasteiger partial charge on any atom is -0.342 e. The van der Waals surface area contributed by atoms with Crippen molar-refractivity contribution in [3.05, 3.63) is 0 Å². The quantitative estimate of drug-likeness (QED) is 0.787. The lowest BCUT2D eigenvalue weighted by molar-refractivity contribution is -0.139. The van der Waals surface area contributed by atoms with E-state index >= 15 is 0 Å². The molecule has 3 heteroatoms. The minimum absolute atomic E-state index is 0.380. The molecule has 2 rings (SSSR count).